The molecule has 9 aromatic rings. The molecule has 0 saturated carbocycles. The topological polar surface area (TPSA) is 3.24 Å². The molecule has 0 bridgehead atoms. The second-order valence-corrected chi connectivity index (χ2v) is 12.4. The van der Waals surface area contributed by atoms with Gasteiger partial charge in [0.25, 0.3) is 0 Å². The van der Waals surface area contributed by atoms with Gasteiger partial charge in [-0.1, -0.05) is 121 Å². The van der Waals surface area contributed by atoms with Crippen molar-refractivity contribution in [3.05, 3.63) is 164 Å². The number of nitrogens with zero attached hydrogens (tertiary/aromatic N) is 1. The van der Waals surface area contributed by atoms with Crippen LogP contribution in [-0.4, -0.2) is 0 Å². The van der Waals surface area contributed by atoms with Crippen molar-refractivity contribution in [2.75, 3.05) is 4.90 Å². The fourth-order valence-electron chi connectivity index (χ4n) is 6.79. The SMILES string of the molecule is c1cc(-c2cccc3ccccc23)cc(N(c2ccc3sc4ccccc4c3c2)c2cc3ccccc3c3ccccc23)c1. The number of benzene rings is 8. The molecular weight excluding hydrogens is 551 g/mol. The van der Waals surface area contributed by atoms with Crippen molar-refractivity contribution < 1.29 is 0 Å². The summed E-state index contributed by atoms with van der Waals surface area (Å²) >= 11 is 1.86. The van der Waals surface area contributed by atoms with Crippen LogP contribution in [0.2, 0.25) is 0 Å². The third-order valence-corrected chi connectivity index (χ3v) is 9.96. The molecule has 0 aliphatic carbocycles. The molecular formula is C42H27NS. The van der Waals surface area contributed by atoms with Gasteiger partial charge in [-0.2, -0.15) is 0 Å². The molecule has 0 amide bonds. The van der Waals surface area contributed by atoms with Crippen molar-refractivity contribution in [2.45, 2.75) is 0 Å². The minimum atomic E-state index is 1.13. The zero-order valence-electron chi connectivity index (χ0n) is 23.9. The van der Waals surface area contributed by atoms with Gasteiger partial charge in [-0.25, -0.2) is 0 Å². The van der Waals surface area contributed by atoms with E-state index in [1.807, 2.05) is 11.3 Å². The molecule has 0 spiro atoms. The van der Waals surface area contributed by atoms with Crippen LogP contribution in [0.5, 0.6) is 0 Å². The number of hydrogen-bond acceptors (Lipinski definition) is 2. The Bertz CT molecular complexity index is 2520. The maximum absolute atomic E-state index is 2.45. The van der Waals surface area contributed by atoms with Crippen LogP contribution in [0.1, 0.15) is 0 Å². The average molecular weight is 578 g/mol. The first-order chi connectivity index (χ1) is 21.8. The Labute approximate surface area is 259 Å². The number of anilines is 3. The first-order valence-electron chi connectivity index (χ1n) is 15.0. The van der Waals surface area contributed by atoms with Gasteiger partial charge in [0.2, 0.25) is 0 Å². The van der Waals surface area contributed by atoms with E-state index in [1.54, 1.807) is 0 Å². The molecule has 2 heteroatoms. The Morgan fingerprint density at radius 2 is 1.00 bits per heavy atom. The van der Waals surface area contributed by atoms with E-state index in [2.05, 4.69) is 169 Å². The normalized spacial score (nSPS) is 11.6. The van der Waals surface area contributed by atoms with Crippen molar-refractivity contribution in [3.63, 3.8) is 0 Å². The van der Waals surface area contributed by atoms with Gasteiger partial charge in [0.1, 0.15) is 0 Å². The average Bonchev–Trinajstić information content (AvgIpc) is 3.46. The standard InChI is InChI=1S/C42H27NS/c1-3-16-33-28(11-1)13-10-21-34(33)29-14-9-15-31(25-29)43(32-23-24-42-39(27-32)38-20-7-8-22-41(38)44-42)40-26-30-12-2-4-17-35(30)36-18-5-6-19-37(36)40/h1-27H. The molecule has 206 valence electrons. The first-order valence-corrected chi connectivity index (χ1v) is 15.8. The van der Waals surface area contributed by atoms with Crippen LogP contribution in [0.15, 0.2) is 164 Å². The number of hydrogen-bond donors (Lipinski definition) is 0. The van der Waals surface area contributed by atoms with Gasteiger partial charge in [0.15, 0.2) is 0 Å². The van der Waals surface area contributed by atoms with Crippen molar-refractivity contribution in [2.24, 2.45) is 0 Å². The van der Waals surface area contributed by atoms with Crippen LogP contribution < -0.4 is 4.90 Å². The Kier molecular flexibility index (Phi) is 5.75. The maximum atomic E-state index is 2.45. The largest absolute Gasteiger partial charge is 0.310 e. The Balaban J connectivity index is 1.34. The monoisotopic (exact) mass is 577 g/mol. The van der Waals surface area contributed by atoms with Crippen LogP contribution in [0.4, 0.5) is 17.1 Å². The minimum absolute atomic E-state index is 1.13. The highest BCUT2D eigenvalue weighted by Gasteiger charge is 2.19. The third-order valence-electron chi connectivity index (χ3n) is 8.81. The smallest absolute Gasteiger partial charge is 0.0546 e. The van der Waals surface area contributed by atoms with E-state index < -0.39 is 0 Å². The van der Waals surface area contributed by atoms with Gasteiger partial charge < -0.3 is 4.90 Å². The van der Waals surface area contributed by atoms with Crippen LogP contribution in [0, 0.1) is 0 Å². The molecule has 8 aromatic carbocycles. The van der Waals surface area contributed by atoms with E-state index >= 15 is 0 Å². The molecule has 0 unspecified atom stereocenters. The number of thiophene rings is 1. The predicted molar refractivity (Wildman–Crippen MR) is 192 cm³/mol. The van der Waals surface area contributed by atoms with Crippen LogP contribution in [0.3, 0.4) is 0 Å². The predicted octanol–water partition coefficient (Wildman–Crippen LogP) is 12.7. The molecule has 0 atom stereocenters. The summed E-state index contributed by atoms with van der Waals surface area (Å²) in [5, 5.41) is 10.1. The Morgan fingerprint density at radius 1 is 0.364 bits per heavy atom. The molecule has 0 N–H and O–H groups in total. The van der Waals surface area contributed by atoms with E-state index in [1.165, 1.54) is 69.3 Å². The summed E-state index contributed by atoms with van der Waals surface area (Å²) in [7, 11) is 0. The van der Waals surface area contributed by atoms with Gasteiger partial charge >= 0.3 is 0 Å². The fourth-order valence-corrected chi connectivity index (χ4v) is 7.88. The zero-order chi connectivity index (χ0) is 29.0. The molecule has 9 rings (SSSR count). The van der Waals surface area contributed by atoms with E-state index in [9.17, 15) is 0 Å². The summed E-state index contributed by atoms with van der Waals surface area (Å²) in [6, 6.07) is 59.9. The van der Waals surface area contributed by atoms with Crippen LogP contribution >= 0.6 is 11.3 Å². The lowest BCUT2D eigenvalue weighted by Gasteiger charge is -2.28. The third kappa shape index (κ3) is 4.00. The lowest BCUT2D eigenvalue weighted by atomic mass is 9.96. The molecule has 0 aliphatic heterocycles. The summed E-state index contributed by atoms with van der Waals surface area (Å²) in [6.07, 6.45) is 0. The van der Waals surface area contributed by atoms with E-state index in [4.69, 9.17) is 0 Å². The highest BCUT2D eigenvalue weighted by molar-refractivity contribution is 7.25. The van der Waals surface area contributed by atoms with Crippen molar-refractivity contribution in [1.82, 2.24) is 0 Å². The minimum Gasteiger partial charge on any atom is -0.310 e. The van der Waals surface area contributed by atoms with Gasteiger partial charge in [-0.15, -0.1) is 11.3 Å². The van der Waals surface area contributed by atoms with Crippen molar-refractivity contribution in [1.29, 1.82) is 0 Å². The lowest BCUT2D eigenvalue weighted by Crippen LogP contribution is -2.10. The highest BCUT2D eigenvalue weighted by Crippen LogP contribution is 2.45. The van der Waals surface area contributed by atoms with Crippen LogP contribution in [-0.2, 0) is 0 Å². The second-order valence-electron chi connectivity index (χ2n) is 11.4. The van der Waals surface area contributed by atoms with Crippen LogP contribution in [0.25, 0.3) is 63.6 Å². The molecule has 0 aliphatic rings. The van der Waals surface area contributed by atoms with Gasteiger partial charge in [0.05, 0.1) is 5.69 Å². The molecule has 0 radical (unpaired) electrons. The number of rotatable bonds is 4. The zero-order valence-corrected chi connectivity index (χ0v) is 24.8. The first kappa shape index (κ1) is 25.1. The fraction of sp³-hybridized carbons (Fsp3) is 0. The summed E-state index contributed by atoms with van der Waals surface area (Å²) in [6.45, 7) is 0. The van der Waals surface area contributed by atoms with E-state index in [-0.39, 0.29) is 0 Å². The summed E-state index contributed by atoms with van der Waals surface area (Å²) in [5.41, 5.74) is 5.91. The van der Waals surface area contributed by atoms with E-state index in [0.717, 1.165) is 11.4 Å². The van der Waals surface area contributed by atoms with Gasteiger partial charge in [-0.3, -0.25) is 0 Å². The van der Waals surface area contributed by atoms with E-state index in [0.29, 0.717) is 0 Å². The summed E-state index contributed by atoms with van der Waals surface area (Å²) < 4.78 is 2.63. The van der Waals surface area contributed by atoms with Gasteiger partial charge in [0, 0.05) is 36.9 Å². The second kappa shape index (κ2) is 10.1. The molecule has 44 heavy (non-hydrogen) atoms. The summed E-state index contributed by atoms with van der Waals surface area (Å²) in [5.74, 6) is 0. The Morgan fingerprint density at radius 3 is 1.89 bits per heavy atom. The molecule has 1 aromatic heterocycles. The maximum Gasteiger partial charge on any atom is 0.0546 e. The highest BCUT2D eigenvalue weighted by atomic mass is 32.1. The quantitative estimate of drug-likeness (QED) is 0.188. The van der Waals surface area contributed by atoms with Crippen molar-refractivity contribution >= 4 is 80.9 Å². The molecule has 1 heterocycles. The van der Waals surface area contributed by atoms with Crippen molar-refractivity contribution in [3.8, 4) is 11.1 Å². The van der Waals surface area contributed by atoms with Gasteiger partial charge in [-0.05, 0) is 80.5 Å². The molecule has 0 saturated heterocycles. The lowest BCUT2D eigenvalue weighted by molar-refractivity contribution is 1.31. The Hall–Kier alpha value is -5.44. The molecule has 1 nitrogen and oxygen atoms in total. The number of fused-ring (bicyclic) bond motifs is 7. The molecule has 0 fully saturated rings. The summed E-state index contributed by atoms with van der Waals surface area (Å²) in [4.78, 5) is 2.45.